The highest BCUT2D eigenvalue weighted by atomic mass is 15.4. The van der Waals surface area contributed by atoms with Gasteiger partial charge in [0.15, 0.2) is 0 Å². The van der Waals surface area contributed by atoms with Crippen LogP contribution in [-0.2, 0) is 6.54 Å². The monoisotopic (exact) mass is 496 g/mol. The lowest BCUT2D eigenvalue weighted by Crippen LogP contribution is -2.65. The number of aromatic nitrogens is 2. The molecule has 0 unspecified atom stereocenters. The van der Waals surface area contributed by atoms with Gasteiger partial charge in [-0.3, -0.25) is 14.8 Å². The first-order valence-corrected chi connectivity index (χ1v) is 13.6. The van der Waals surface area contributed by atoms with Gasteiger partial charge in [0.1, 0.15) is 11.9 Å². The number of nitriles is 1. The Morgan fingerprint density at radius 1 is 0.973 bits per heavy atom. The molecule has 8 nitrogen and oxygen atoms in total. The second-order valence-corrected chi connectivity index (χ2v) is 10.6. The van der Waals surface area contributed by atoms with Gasteiger partial charge in [0, 0.05) is 94.5 Å². The molecule has 5 heterocycles. The number of hydrogen-bond donors (Lipinski definition) is 1. The minimum absolute atomic E-state index is 0.469. The molecule has 1 aromatic carbocycles. The van der Waals surface area contributed by atoms with E-state index in [9.17, 15) is 5.26 Å². The van der Waals surface area contributed by atoms with Crippen LogP contribution in [0.1, 0.15) is 24.5 Å². The van der Waals surface area contributed by atoms with Gasteiger partial charge in [-0.15, -0.1) is 0 Å². The molecule has 0 amide bonds. The van der Waals surface area contributed by atoms with Crippen molar-refractivity contribution >= 4 is 22.4 Å². The molecule has 2 atom stereocenters. The molecular formula is C29H36N8. The van der Waals surface area contributed by atoms with Crippen LogP contribution < -0.4 is 15.1 Å². The molecule has 3 fully saturated rings. The van der Waals surface area contributed by atoms with Crippen LogP contribution in [0.5, 0.6) is 0 Å². The predicted molar refractivity (Wildman–Crippen MR) is 148 cm³/mol. The molecule has 3 aromatic rings. The van der Waals surface area contributed by atoms with Crippen LogP contribution in [0.4, 0.5) is 11.5 Å². The summed E-state index contributed by atoms with van der Waals surface area (Å²) >= 11 is 0. The van der Waals surface area contributed by atoms with E-state index >= 15 is 0 Å². The maximum atomic E-state index is 9.55. The van der Waals surface area contributed by atoms with Crippen molar-refractivity contribution in [3.63, 3.8) is 0 Å². The Hall–Kier alpha value is -3.25. The summed E-state index contributed by atoms with van der Waals surface area (Å²) in [5.41, 5.74) is 3.92. The molecule has 6 rings (SSSR count). The number of rotatable bonds is 4. The van der Waals surface area contributed by atoms with Gasteiger partial charge < -0.3 is 15.1 Å². The minimum Gasteiger partial charge on any atom is -0.368 e. The Balaban J connectivity index is 1.15. The molecule has 1 N–H and O–H groups in total. The number of anilines is 2. The molecule has 0 bridgehead atoms. The molecule has 0 aliphatic carbocycles. The van der Waals surface area contributed by atoms with Gasteiger partial charge in [-0.2, -0.15) is 5.26 Å². The average Bonchev–Trinajstić information content (AvgIpc) is 3.22. The quantitative estimate of drug-likeness (QED) is 0.591. The number of nitrogens with zero attached hydrogens (tertiary/aromatic N) is 7. The highest BCUT2D eigenvalue weighted by Gasteiger charge is 2.36. The second-order valence-electron chi connectivity index (χ2n) is 10.6. The van der Waals surface area contributed by atoms with Gasteiger partial charge in [0.05, 0.1) is 11.1 Å². The van der Waals surface area contributed by atoms with Gasteiger partial charge in [0.25, 0.3) is 0 Å². The average molecular weight is 497 g/mol. The van der Waals surface area contributed by atoms with Gasteiger partial charge in [-0.1, -0.05) is 6.07 Å². The lowest BCUT2D eigenvalue weighted by molar-refractivity contribution is 0.0317. The first kappa shape index (κ1) is 24.1. The normalized spacial score (nSPS) is 23.5. The molecule has 3 saturated heterocycles. The van der Waals surface area contributed by atoms with Crippen LogP contribution in [0, 0.1) is 11.3 Å². The third-order valence-electron chi connectivity index (χ3n) is 8.18. The van der Waals surface area contributed by atoms with E-state index in [1.165, 1.54) is 17.7 Å². The van der Waals surface area contributed by atoms with Crippen molar-refractivity contribution in [1.82, 2.24) is 25.1 Å². The zero-order valence-corrected chi connectivity index (χ0v) is 21.7. The third kappa shape index (κ3) is 4.99. The number of nitrogens with one attached hydrogen (secondary N) is 1. The van der Waals surface area contributed by atoms with Gasteiger partial charge in [0.2, 0.25) is 0 Å². The van der Waals surface area contributed by atoms with Crippen molar-refractivity contribution < 1.29 is 0 Å². The maximum absolute atomic E-state index is 9.55. The van der Waals surface area contributed by atoms with Crippen molar-refractivity contribution in [3.05, 3.63) is 59.9 Å². The molecule has 3 aliphatic heterocycles. The highest BCUT2D eigenvalue weighted by Crippen LogP contribution is 2.32. The van der Waals surface area contributed by atoms with E-state index < -0.39 is 0 Å². The summed E-state index contributed by atoms with van der Waals surface area (Å²) in [6.45, 7) is 12.7. The molecule has 37 heavy (non-hydrogen) atoms. The van der Waals surface area contributed by atoms with E-state index in [4.69, 9.17) is 4.98 Å². The van der Waals surface area contributed by atoms with Crippen LogP contribution in [-0.4, -0.2) is 90.8 Å². The smallest absolute Gasteiger partial charge is 0.128 e. The molecule has 0 saturated carbocycles. The van der Waals surface area contributed by atoms with E-state index in [0.717, 1.165) is 82.2 Å². The molecule has 3 aliphatic rings. The van der Waals surface area contributed by atoms with E-state index in [-0.39, 0.29) is 0 Å². The highest BCUT2D eigenvalue weighted by molar-refractivity contribution is 5.95. The van der Waals surface area contributed by atoms with Gasteiger partial charge in [-0.05, 0) is 55.8 Å². The Morgan fingerprint density at radius 2 is 1.92 bits per heavy atom. The van der Waals surface area contributed by atoms with E-state index in [0.29, 0.717) is 17.6 Å². The van der Waals surface area contributed by atoms with Crippen LogP contribution in [0.15, 0.2) is 48.8 Å². The zero-order chi connectivity index (χ0) is 25.2. The summed E-state index contributed by atoms with van der Waals surface area (Å²) in [5, 5.41) is 14.1. The molecule has 2 aromatic heterocycles. The zero-order valence-electron chi connectivity index (χ0n) is 21.7. The van der Waals surface area contributed by atoms with Gasteiger partial charge >= 0.3 is 0 Å². The first-order chi connectivity index (χ1) is 18.2. The van der Waals surface area contributed by atoms with Crippen molar-refractivity contribution in [2.45, 2.75) is 32.0 Å². The molecule has 8 heteroatoms. The lowest BCUT2D eigenvalue weighted by Gasteiger charge is -2.51. The fraction of sp³-hybridized carbons (Fsp3) is 0.483. The number of pyridine rings is 2. The largest absolute Gasteiger partial charge is 0.368 e. The second kappa shape index (κ2) is 10.6. The number of benzene rings is 1. The summed E-state index contributed by atoms with van der Waals surface area (Å²) in [6.07, 6.45) is 5.02. The minimum atomic E-state index is 0.469. The molecule has 192 valence electrons. The fourth-order valence-electron chi connectivity index (χ4n) is 6.32. The first-order valence-electron chi connectivity index (χ1n) is 13.6. The van der Waals surface area contributed by atoms with Crippen LogP contribution in [0.3, 0.4) is 0 Å². The summed E-state index contributed by atoms with van der Waals surface area (Å²) in [4.78, 5) is 19.5. The molecule has 0 radical (unpaired) electrons. The van der Waals surface area contributed by atoms with Crippen LogP contribution in [0.2, 0.25) is 0 Å². The Morgan fingerprint density at radius 3 is 2.78 bits per heavy atom. The number of hydrogen-bond acceptors (Lipinski definition) is 8. The van der Waals surface area contributed by atoms with Crippen molar-refractivity contribution in [1.29, 1.82) is 5.26 Å². The van der Waals surface area contributed by atoms with Gasteiger partial charge in [-0.25, -0.2) is 4.98 Å². The predicted octanol–water partition coefficient (Wildman–Crippen LogP) is 2.70. The summed E-state index contributed by atoms with van der Waals surface area (Å²) < 4.78 is 0. The van der Waals surface area contributed by atoms with Crippen molar-refractivity contribution in [3.8, 4) is 6.07 Å². The Labute approximate surface area is 219 Å². The lowest BCUT2D eigenvalue weighted by atomic mass is 10.0. The Kier molecular flexibility index (Phi) is 6.92. The van der Waals surface area contributed by atoms with Crippen molar-refractivity contribution in [2.75, 3.05) is 68.7 Å². The SMILES string of the molecule is C[C@@H]1CN(c2ccc(C#N)c3ncccc23)C[C@@H]2CN(Cc3ccc(N4CCCNCC4)nc3)CCN21. The number of piperazine rings is 2. The number of fused-ring (bicyclic) bond motifs is 2. The maximum Gasteiger partial charge on any atom is 0.128 e. The third-order valence-corrected chi connectivity index (χ3v) is 8.18. The Bertz CT molecular complexity index is 1260. The van der Waals surface area contributed by atoms with E-state index in [1.54, 1.807) is 6.20 Å². The molecular weight excluding hydrogens is 460 g/mol. The summed E-state index contributed by atoms with van der Waals surface area (Å²) in [5.74, 6) is 1.10. The fourth-order valence-corrected chi connectivity index (χ4v) is 6.32. The van der Waals surface area contributed by atoms with Crippen LogP contribution >= 0.6 is 0 Å². The van der Waals surface area contributed by atoms with E-state index in [2.05, 4.69) is 73.4 Å². The summed E-state index contributed by atoms with van der Waals surface area (Å²) in [7, 11) is 0. The summed E-state index contributed by atoms with van der Waals surface area (Å²) in [6, 6.07) is 15.8. The molecule has 0 spiro atoms. The topological polar surface area (TPSA) is 74.6 Å². The van der Waals surface area contributed by atoms with E-state index in [1.807, 2.05) is 12.1 Å². The van der Waals surface area contributed by atoms with Crippen LogP contribution in [0.25, 0.3) is 10.9 Å². The standard InChI is InChI=1S/C29H36N8/c1-22-18-36(27-7-6-24(16-30)29-26(27)4-2-10-32-29)21-25-20-34(14-15-37(22)25)19-23-5-8-28(33-17-23)35-12-3-9-31-11-13-35/h2,4-8,10,17,22,25,31H,3,9,11-15,18-21H2,1H3/t22-,25+/m1/s1. The van der Waals surface area contributed by atoms with Crippen molar-refractivity contribution in [2.24, 2.45) is 0 Å².